The zero-order valence-electron chi connectivity index (χ0n) is 24.6. The minimum absolute atomic E-state index is 0. The van der Waals surface area contributed by atoms with Gasteiger partial charge in [0.2, 0.25) is 0 Å². The van der Waals surface area contributed by atoms with Gasteiger partial charge in [0.05, 0.1) is 0 Å². The van der Waals surface area contributed by atoms with Crippen LogP contribution in [0.3, 0.4) is 0 Å². The summed E-state index contributed by atoms with van der Waals surface area (Å²) in [6.07, 6.45) is 25.6. The second kappa shape index (κ2) is 16.3. The maximum atomic E-state index is 2.85. The van der Waals surface area contributed by atoms with Crippen molar-refractivity contribution in [3.05, 3.63) is 40.3 Å². The van der Waals surface area contributed by atoms with Gasteiger partial charge in [0.1, 0.15) is 0 Å². The molecule has 0 atom stereocenters. The third kappa shape index (κ3) is 7.58. The summed E-state index contributed by atoms with van der Waals surface area (Å²) in [5, 5.41) is 4.14. The van der Waals surface area contributed by atoms with E-state index in [-0.39, 0.29) is 24.8 Å². The number of allylic oxidation sites excluding steroid dienone is 8. The molecule has 0 saturated carbocycles. The molecule has 0 N–H and O–H groups in total. The van der Waals surface area contributed by atoms with Gasteiger partial charge in [-0.1, -0.05) is 0 Å². The Kier molecular flexibility index (Phi) is 15.0. The summed E-state index contributed by atoms with van der Waals surface area (Å²) < 4.78 is 4.19. The minimum atomic E-state index is -1.16. The van der Waals surface area contributed by atoms with Gasteiger partial charge in [-0.3, -0.25) is 0 Å². The molecule has 0 aromatic heterocycles. The number of halogens is 2. The Morgan fingerprint density at radius 2 is 0.973 bits per heavy atom. The van der Waals surface area contributed by atoms with Crippen LogP contribution in [-0.4, -0.2) is 16.1 Å². The van der Waals surface area contributed by atoms with E-state index in [1.807, 2.05) is 11.1 Å². The molecular weight excluding hydrogens is 603 g/mol. The van der Waals surface area contributed by atoms with Crippen molar-refractivity contribution in [2.45, 2.75) is 154 Å². The van der Waals surface area contributed by atoms with Crippen LogP contribution < -0.4 is 24.8 Å². The second-order valence-corrected chi connectivity index (χ2v) is 24.7. The summed E-state index contributed by atoms with van der Waals surface area (Å²) >= 11 is -0.725. The molecule has 2 saturated heterocycles. The molecule has 2 fully saturated rings. The Morgan fingerprint density at radius 3 is 1.27 bits per heavy atom. The smallest absolute Gasteiger partial charge is 1.00 e. The van der Waals surface area contributed by atoms with Crippen molar-refractivity contribution < 1.29 is 48.0 Å². The molecule has 4 rings (SSSR count). The van der Waals surface area contributed by atoms with Crippen molar-refractivity contribution in [3.8, 4) is 0 Å². The van der Waals surface area contributed by atoms with Crippen LogP contribution in [0.15, 0.2) is 40.3 Å². The molecule has 208 valence electrons. The van der Waals surface area contributed by atoms with Gasteiger partial charge in [-0.25, -0.2) is 0 Å². The summed E-state index contributed by atoms with van der Waals surface area (Å²) in [5.74, 6) is 0. The van der Waals surface area contributed by atoms with Crippen molar-refractivity contribution in [1.82, 2.24) is 0 Å². The molecule has 2 aliphatic carbocycles. The second-order valence-electron chi connectivity index (χ2n) is 12.4. The molecule has 0 aromatic rings. The van der Waals surface area contributed by atoms with E-state index in [0.717, 1.165) is 0 Å². The quantitative estimate of drug-likeness (QED) is 0.205. The monoisotopic (exact) mass is 654 g/mol. The zero-order chi connectivity index (χ0) is 24.7. The van der Waals surface area contributed by atoms with Crippen molar-refractivity contribution in [3.63, 3.8) is 0 Å². The molecule has 2 aliphatic heterocycles. The Morgan fingerprint density at radius 1 is 0.595 bits per heavy atom. The average Bonchev–Trinajstić information content (AvgIpc) is 3.40. The fourth-order valence-corrected chi connectivity index (χ4v) is 25.4. The van der Waals surface area contributed by atoms with Crippen molar-refractivity contribution in [2.75, 3.05) is 0 Å². The Bertz CT molecular complexity index is 792. The van der Waals surface area contributed by atoms with Crippen LogP contribution in [0.5, 0.6) is 0 Å². The molecule has 0 bridgehead atoms. The molecule has 37 heavy (non-hydrogen) atoms. The molecule has 5 heteroatoms. The van der Waals surface area contributed by atoms with Crippen LogP contribution in [0.2, 0.25) is 36.3 Å². The first-order valence-electron chi connectivity index (χ1n) is 15.8. The van der Waals surface area contributed by atoms with E-state index in [0.29, 0.717) is 0 Å². The SMILES string of the molecule is CCCCC1=[C]([Zr+2][C]2=C(CCCC)CC=C2[Si]2(CCCC)CCC2)C([Si]2(CCCC)CCC2)=CC1.[Cl-].[Cl-]. The number of unbranched alkanes of at least 4 members (excludes halogenated alkanes) is 4. The van der Waals surface area contributed by atoms with Crippen molar-refractivity contribution >= 4 is 16.1 Å². The molecule has 0 amide bonds. The fraction of sp³-hybridized carbons (Fsp3) is 0.750. The van der Waals surface area contributed by atoms with E-state index >= 15 is 0 Å². The molecule has 2 heterocycles. The van der Waals surface area contributed by atoms with Gasteiger partial charge < -0.3 is 24.8 Å². The molecule has 0 aromatic carbocycles. The predicted octanol–water partition coefficient (Wildman–Crippen LogP) is 5.01. The maximum absolute atomic E-state index is 2.85. The van der Waals surface area contributed by atoms with E-state index in [1.54, 1.807) is 49.1 Å². The van der Waals surface area contributed by atoms with Gasteiger partial charge in [-0.05, 0) is 0 Å². The summed E-state index contributed by atoms with van der Waals surface area (Å²) in [5.41, 5.74) is 3.91. The molecule has 0 spiro atoms. The van der Waals surface area contributed by atoms with Gasteiger partial charge >= 0.3 is 233 Å². The van der Waals surface area contributed by atoms with Crippen molar-refractivity contribution in [1.29, 1.82) is 0 Å². The standard InChI is InChI=1S/2C16H27Si.2ClH.Zr/c2*1-3-5-8-15-9-10-16(14-15)17(11-6-4-2)12-7-13-17;;;/h2*10H,3-9,11-13H2,1-2H3;2*1H;/q;;;;+2/p-2. The third-order valence-electron chi connectivity index (χ3n) is 10.0. The largest absolute Gasteiger partial charge is 1.00 e. The molecular formula is C32H54Cl2Si2Zr. The predicted molar refractivity (Wildman–Crippen MR) is 158 cm³/mol. The Balaban J connectivity index is 0.00000241. The van der Waals surface area contributed by atoms with Gasteiger partial charge in [0.15, 0.2) is 0 Å². The number of hydrogen-bond donors (Lipinski definition) is 0. The maximum Gasteiger partial charge on any atom is -1.00 e. The summed E-state index contributed by atoms with van der Waals surface area (Å²) in [7, 11) is -2.32. The Hall–Kier alpha value is 0.857. The molecule has 0 radical (unpaired) electrons. The summed E-state index contributed by atoms with van der Waals surface area (Å²) in [6.45, 7) is 9.64. The summed E-state index contributed by atoms with van der Waals surface area (Å²) in [6, 6.07) is 9.73. The molecule has 0 unspecified atom stereocenters. The van der Waals surface area contributed by atoms with Crippen molar-refractivity contribution in [2.24, 2.45) is 0 Å². The van der Waals surface area contributed by atoms with Crippen LogP contribution in [0.25, 0.3) is 0 Å². The molecule has 4 aliphatic rings. The minimum Gasteiger partial charge on any atom is -1.00 e. The van der Waals surface area contributed by atoms with Crippen LogP contribution in [-0.2, 0) is 23.2 Å². The van der Waals surface area contributed by atoms with E-state index in [1.165, 1.54) is 77.0 Å². The van der Waals surface area contributed by atoms with Gasteiger partial charge in [-0.2, -0.15) is 0 Å². The normalized spacial score (nSPS) is 21.4. The first kappa shape index (κ1) is 34.1. The first-order valence-corrected chi connectivity index (χ1v) is 23.5. The summed E-state index contributed by atoms with van der Waals surface area (Å²) in [4.78, 5) is 0. The molecule has 0 nitrogen and oxygen atoms in total. The Labute approximate surface area is 256 Å². The van der Waals surface area contributed by atoms with Gasteiger partial charge in [0.25, 0.3) is 0 Å². The van der Waals surface area contributed by atoms with Crippen LogP contribution in [0.4, 0.5) is 0 Å². The van der Waals surface area contributed by atoms with Gasteiger partial charge in [-0.15, -0.1) is 0 Å². The zero-order valence-corrected chi connectivity index (χ0v) is 30.5. The van der Waals surface area contributed by atoms with Crippen LogP contribution >= 0.6 is 0 Å². The van der Waals surface area contributed by atoms with Crippen LogP contribution in [0, 0.1) is 0 Å². The number of rotatable bonds is 16. The van der Waals surface area contributed by atoms with Crippen LogP contribution in [0.1, 0.15) is 118 Å². The first-order chi connectivity index (χ1) is 17.1. The van der Waals surface area contributed by atoms with E-state index in [9.17, 15) is 0 Å². The number of hydrogen-bond acceptors (Lipinski definition) is 0. The fourth-order valence-electron chi connectivity index (χ4n) is 7.42. The average molecular weight is 657 g/mol. The third-order valence-corrected chi connectivity index (χ3v) is 26.6. The van der Waals surface area contributed by atoms with E-state index in [2.05, 4.69) is 56.8 Å². The van der Waals surface area contributed by atoms with E-state index < -0.39 is 39.4 Å². The van der Waals surface area contributed by atoms with E-state index in [4.69, 9.17) is 0 Å². The topological polar surface area (TPSA) is 0 Å². The van der Waals surface area contributed by atoms with Gasteiger partial charge in [0, 0.05) is 0 Å².